The fourth-order valence-electron chi connectivity index (χ4n) is 2.14. The van der Waals surface area contributed by atoms with Crippen LogP contribution in [0.3, 0.4) is 0 Å². The van der Waals surface area contributed by atoms with Crippen LogP contribution in [0.2, 0.25) is 0 Å². The van der Waals surface area contributed by atoms with Crippen LogP contribution in [0.5, 0.6) is 0 Å². The average Bonchev–Trinajstić information content (AvgIpc) is 3.31. The predicted molar refractivity (Wildman–Crippen MR) is 76.8 cm³/mol. The number of nitrogen functional groups attached to an aromatic ring is 1. The highest BCUT2D eigenvalue weighted by molar-refractivity contribution is 5.96. The molecule has 2 rings (SSSR count). The van der Waals surface area contributed by atoms with Crippen LogP contribution in [0, 0.1) is 10.1 Å². The fraction of sp³-hybridized carbons (Fsp3) is 0.462. The molecule has 1 aliphatic rings. The number of hydrazine groups is 1. The number of benzene rings is 1. The van der Waals surface area contributed by atoms with E-state index in [4.69, 9.17) is 10.6 Å². The lowest BCUT2D eigenvalue weighted by molar-refractivity contribution is -0.384. The number of rotatable bonds is 7. The van der Waals surface area contributed by atoms with E-state index in [-0.39, 0.29) is 23.3 Å². The highest BCUT2D eigenvalue weighted by Crippen LogP contribution is 2.30. The van der Waals surface area contributed by atoms with E-state index >= 15 is 0 Å². The lowest BCUT2D eigenvalue weighted by Crippen LogP contribution is -2.35. The highest BCUT2D eigenvalue weighted by atomic mass is 16.6. The van der Waals surface area contributed by atoms with Gasteiger partial charge in [0.25, 0.3) is 11.6 Å². The number of nitrogens with zero attached hydrogens (tertiary/aromatic N) is 2. The zero-order valence-corrected chi connectivity index (χ0v) is 11.7. The van der Waals surface area contributed by atoms with Crippen molar-refractivity contribution in [3.63, 3.8) is 0 Å². The number of hydrogen-bond donors (Lipinski definition) is 2. The van der Waals surface area contributed by atoms with E-state index in [1.165, 1.54) is 18.2 Å². The van der Waals surface area contributed by atoms with Crippen molar-refractivity contribution in [2.45, 2.75) is 18.9 Å². The molecule has 0 saturated heterocycles. The van der Waals surface area contributed by atoms with Crippen molar-refractivity contribution in [3.05, 3.63) is 33.9 Å². The molecule has 0 radical (unpaired) electrons. The molecule has 1 aromatic carbocycles. The number of nitrogens with one attached hydrogen (secondary N) is 1. The van der Waals surface area contributed by atoms with Crippen molar-refractivity contribution < 1.29 is 14.5 Å². The molecule has 1 aliphatic carbocycles. The van der Waals surface area contributed by atoms with Gasteiger partial charge < -0.3 is 15.1 Å². The molecule has 1 fully saturated rings. The molecule has 21 heavy (non-hydrogen) atoms. The molecule has 3 N–H and O–H groups in total. The molecule has 0 aliphatic heterocycles. The summed E-state index contributed by atoms with van der Waals surface area (Å²) < 4.78 is 5.02. The summed E-state index contributed by atoms with van der Waals surface area (Å²) in [4.78, 5) is 24.6. The molecular weight excluding hydrogens is 276 g/mol. The third-order valence-electron chi connectivity index (χ3n) is 3.38. The third kappa shape index (κ3) is 3.47. The number of nitrogens with two attached hydrogens (primary N) is 1. The summed E-state index contributed by atoms with van der Waals surface area (Å²) in [7, 11) is 1.58. The van der Waals surface area contributed by atoms with Gasteiger partial charge in [0.1, 0.15) is 5.69 Å². The Labute approximate surface area is 122 Å². The van der Waals surface area contributed by atoms with Crippen LogP contribution in [0.1, 0.15) is 23.2 Å². The normalized spacial score (nSPS) is 13.8. The number of hydrogen-bond acceptors (Lipinski definition) is 6. The minimum absolute atomic E-state index is 0.119. The van der Waals surface area contributed by atoms with Gasteiger partial charge in [-0.25, -0.2) is 0 Å². The quantitative estimate of drug-likeness (QED) is 0.443. The monoisotopic (exact) mass is 294 g/mol. The maximum atomic E-state index is 12.5. The molecule has 114 valence electrons. The van der Waals surface area contributed by atoms with E-state index in [0.717, 1.165) is 12.8 Å². The lowest BCUT2D eigenvalue weighted by Gasteiger charge is -2.22. The van der Waals surface area contributed by atoms with E-state index in [0.29, 0.717) is 18.7 Å². The van der Waals surface area contributed by atoms with Crippen molar-refractivity contribution in [3.8, 4) is 0 Å². The van der Waals surface area contributed by atoms with Gasteiger partial charge in [-0.2, -0.15) is 0 Å². The van der Waals surface area contributed by atoms with Gasteiger partial charge in [0.15, 0.2) is 0 Å². The Hall–Kier alpha value is -2.19. The molecule has 0 heterocycles. The zero-order chi connectivity index (χ0) is 15.4. The van der Waals surface area contributed by atoms with E-state index in [1.54, 1.807) is 12.0 Å². The second-order valence-electron chi connectivity index (χ2n) is 4.86. The Morgan fingerprint density at radius 3 is 2.81 bits per heavy atom. The van der Waals surface area contributed by atoms with E-state index in [9.17, 15) is 14.9 Å². The van der Waals surface area contributed by atoms with Crippen LogP contribution >= 0.6 is 0 Å². The van der Waals surface area contributed by atoms with Crippen molar-refractivity contribution in [2.24, 2.45) is 5.84 Å². The second kappa shape index (κ2) is 6.51. The summed E-state index contributed by atoms with van der Waals surface area (Å²) in [6, 6.07) is 4.37. The number of anilines is 1. The molecule has 0 spiro atoms. The summed E-state index contributed by atoms with van der Waals surface area (Å²) in [5.41, 5.74) is 2.59. The summed E-state index contributed by atoms with van der Waals surface area (Å²) >= 11 is 0. The first kappa shape index (κ1) is 15.2. The highest BCUT2D eigenvalue weighted by Gasteiger charge is 2.33. The van der Waals surface area contributed by atoms with Gasteiger partial charge in [-0.05, 0) is 25.0 Å². The molecule has 0 aromatic heterocycles. The number of amides is 1. The molecule has 1 saturated carbocycles. The summed E-state index contributed by atoms with van der Waals surface area (Å²) in [5, 5.41) is 10.9. The van der Waals surface area contributed by atoms with Crippen molar-refractivity contribution in [1.82, 2.24) is 4.90 Å². The maximum absolute atomic E-state index is 12.5. The van der Waals surface area contributed by atoms with Gasteiger partial charge in [0.05, 0.1) is 11.5 Å². The minimum Gasteiger partial charge on any atom is -0.383 e. The summed E-state index contributed by atoms with van der Waals surface area (Å²) in [5.74, 6) is 5.12. The van der Waals surface area contributed by atoms with Crippen LogP contribution < -0.4 is 11.3 Å². The second-order valence-corrected chi connectivity index (χ2v) is 4.86. The van der Waals surface area contributed by atoms with Crippen LogP contribution in [-0.4, -0.2) is 42.0 Å². The summed E-state index contributed by atoms with van der Waals surface area (Å²) in [6.07, 6.45) is 1.95. The molecule has 1 aromatic rings. The first-order valence-corrected chi connectivity index (χ1v) is 6.63. The number of ether oxygens (including phenoxy) is 1. The van der Waals surface area contributed by atoms with Gasteiger partial charge >= 0.3 is 0 Å². The van der Waals surface area contributed by atoms with Gasteiger partial charge in [-0.1, -0.05) is 0 Å². The van der Waals surface area contributed by atoms with Crippen molar-refractivity contribution in [2.75, 3.05) is 25.7 Å². The standard InChI is InChI=1S/C13H18N4O4/c1-21-7-6-16(10-3-4-10)13(18)9-2-5-12(17(19)20)11(8-9)15-14/h2,5,8,10,15H,3-4,6-7,14H2,1H3. The van der Waals surface area contributed by atoms with E-state index in [2.05, 4.69) is 5.43 Å². The largest absolute Gasteiger partial charge is 0.383 e. The maximum Gasteiger partial charge on any atom is 0.293 e. The number of nitro benzene ring substituents is 1. The molecule has 0 atom stereocenters. The van der Waals surface area contributed by atoms with Crippen molar-refractivity contribution >= 4 is 17.3 Å². The third-order valence-corrected chi connectivity index (χ3v) is 3.38. The number of nitro groups is 1. The first-order valence-electron chi connectivity index (χ1n) is 6.63. The Morgan fingerprint density at radius 2 is 2.29 bits per heavy atom. The number of carbonyl (C=O) groups is 1. The lowest BCUT2D eigenvalue weighted by atomic mass is 10.1. The number of carbonyl (C=O) groups excluding carboxylic acids is 1. The van der Waals surface area contributed by atoms with E-state index in [1.807, 2.05) is 0 Å². The van der Waals surface area contributed by atoms with Crippen LogP contribution in [0.4, 0.5) is 11.4 Å². The molecule has 1 amide bonds. The Morgan fingerprint density at radius 1 is 1.57 bits per heavy atom. The van der Waals surface area contributed by atoms with Crippen LogP contribution in [0.25, 0.3) is 0 Å². The smallest absolute Gasteiger partial charge is 0.293 e. The minimum atomic E-state index is -0.549. The van der Waals surface area contributed by atoms with Gasteiger partial charge in [-0.15, -0.1) is 0 Å². The van der Waals surface area contributed by atoms with Crippen LogP contribution in [0.15, 0.2) is 18.2 Å². The van der Waals surface area contributed by atoms with E-state index < -0.39 is 4.92 Å². The molecule has 0 unspecified atom stereocenters. The van der Waals surface area contributed by atoms with Crippen molar-refractivity contribution in [1.29, 1.82) is 0 Å². The van der Waals surface area contributed by atoms with Gasteiger partial charge in [0.2, 0.25) is 0 Å². The molecule has 8 heteroatoms. The Kier molecular flexibility index (Phi) is 4.71. The average molecular weight is 294 g/mol. The predicted octanol–water partition coefficient (Wildman–Crippen LogP) is 1.13. The first-order chi connectivity index (χ1) is 10.1. The number of methoxy groups -OCH3 is 1. The fourth-order valence-corrected chi connectivity index (χ4v) is 2.14. The zero-order valence-electron chi connectivity index (χ0n) is 11.7. The Balaban J connectivity index is 2.23. The van der Waals surface area contributed by atoms with Gasteiger partial charge in [0, 0.05) is 31.3 Å². The topological polar surface area (TPSA) is 111 Å². The molecule has 0 bridgehead atoms. The molecular formula is C13H18N4O4. The Bertz CT molecular complexity index is 545. The summed E-state index contributed by atoms with van der Waals surface area (Å²) in [6.45, 7) is 0.958. The van der Waals surface area contributed by atoms with Gasteiger partial charge in [-0.3, -0.25) is 20.8 Å². The SMILES string of the molecule is COCCN(C(=O)c1ccc([N+](=O)[O-])c(NN)c1)C1CC1. The molecule has 8 nitrogen and oxygen atoms in total. The van der Waals surface area contributed by atoms with Crippen LogP contribution in [-0.2, 0) is 4.74 Å².